The molecule has 0 saturated heterocycles. The van der Waals surface area contributed by atoms with E-state index in [1.807, 2.05) is 42.5 Å². The number of ether oxygens (including phenoxy) is 2. The molecule has 2 amide bonds. The van der Waals surface area contributed by atoms with Crippen molar-refractivity contribution < 1.29 is 14.3 Å². The van der Waals surface area contributed by atoms with Crippen LogP contribution in [0.5, 0.6) is 11.5 Å². The molecule has 0 radical (unpaired) electrons. The number of carbonyl (C=O) groups excluding carboxylic acids is 1. The highest BCUT2D eigenvalue weighted by molar-refractivity contribution is 6.00. The topological polar surface area (TPSA) is 116 Å². The van der Waals surface area contributed by atoms with Gasteiger partial charge in [0.15, 0.2) is 23.0 Å². The van der Waals surface area contributed by atoms with E-state index < -0.39 is 6.03 Å². The molecule has 174 valence electrons. The zero-order valence-corrected chi connectivity index (χ0v) is 19.0. The van der Waals surface area contributed by atoms with E-state index in [9.17, 15) is 4.79 Å². The molecule has 2 N–H and O–H groups in total. The van der Waals surface area contributed by atoms with Gasteiger partial charge in [-0.1, -0.05) is 12.1 Å². The molecule has 0 fully saturated rings. The standard InChI is InChI=1S/C25H21N7O3/c1-34-21-8-6-19(15-22(21)35-2)28-25(33)27-18-5-3-4-17(14-18)20-7-9-23-29-30-24(32(23)31-20)16-10-12-26-13-11-16/h3-15H,1-2H3,(H2,27,28,33). The van der Waals surface area contributed by atoms with Gasteiger partial charge in [-0.25, -0.2) is 4.79 Å². The smallest absolute Gasteiger partial charge is 0.323 e. The lowest BCUT2D eigenvalue weighted by Gasteiger charge is -2.12. The molecule has 3 heterocycles. The molecule has 0 unspecified atom stereocenters. The maximum atomic E-state index is 12.6. The van der Waals surface area contributed by atoms with Crippen LogP contribution in [0.4, 0.5) is 16.2 Å². The van der Waals surface area contributed by atoms with Crippen molar-refractivity contribution in [3.8, 4) is 34.1 Å². The van der Waals surface area contributed by atoms with Crippen LogP contribution in [0, 0.1) is 0 Å². The molecule has 0 bridgehead atoms. The molecule has 0 aliphatic heterocycles. The van der Waals surface area contributed by atoms with Gasteiger partial charge < -0.3 is 20.1 Å². The largest absolute Gasteiger partial charge is 0.493 e. The Hall–Kier alpha value is -4.99. The number of amides is 2. The van der Waals surface area contributed by atoms with E-state index in [1.54, 1.807) is 55.4 Å². The molecule has 3 aromatic heterocycles. The fourth-order valence-electron chi connectivity index (χ4n) is 3.59. The summed E-state index contributed by atoms with van der Waals surface area (Å²) in [6.07, 6.45) is 3.39. The Morgan fingerprint density at radius 2 is 1.57 bits per heavy atom. The Morgan fingerprint density at radius 1 is 0.800 bits per heavy atom. The van der Waals surface area contributed by atoms with Crippen LogP contribution in [-0.2, 0) is 0 Å². The van der Waals surface area contributed by atoms with Gasteiger partial charge in [0, 0.05) is 41.0 Å². The zero-order chi connectivity index (χ0) is 24.2. The monoisotopic (exact) mass is 467 g/mol. The molecule has 2 aromatic carbocycles. The van der Waals surface area contributed by atoms with E-state index in [-0.39, 0.29) is 0 Å². The average molecular weight is 467 g/mol. The molecule has 0 aliphatic carbocycles. The lowest BCUT2D eigenvalue weighted by Crippen LogP contribution is -2.19. The van der Waals surface area contributed by atoms with Gasteiger partial charge in [-0.2, -0.15) is 9.61 Å². The summed E-state index contributed by atoms with van der Waals surface area (Å²) >= 11 is 0. The van der Waals surface area contributed by atoms with Gasteiger partial charge in [-0.15, -0.1) is 10.2 Å². The molecular formula is C25H21N7O3. The fourth-order valence-corrected chi connectivity index (χ4v) is 3.59. The summed E-state index contributed by atoms with van der Waals surface area (Å²) in [6.45, 7) is 0. The molecule has 5 aromatic rings. The second-order valence-electron chi connectivity index (χ2n) is 7.48. The van der Waals surface area contributed by atoms with Crippen LogP contribution in [0.2, 0.25) is 0 Å². The maximum Gasteiger partial charge on any atom is 0.323 e. The van der Waals surface area contributed by atoms with Gasteiger partial charge in [0.1, 0.15) is 0 Å². The molecule has 5 rings (SSSR count). The molecule has 0 aliphatic rings. The number of nitrogens with zero attached hydrogens (tertiary/aromatic N) is 5. The van der Waals surface area contributed by atoms with E-state index in [2.05, 4.69) is 25.8 Å². The normalized spacial score (nSPS) is 10.7. The third-order valence-electron chi connectivity index (χ3n) is 5.26. The molecule has 10 nitrogen and oxygen atoms in total. The van der Waals surface area contributed by atoms with Crippen molar-refractivity contribution in [2.24, 2.45) is 0 Å². The number of methoxy groups -OCH3 is 2. The summed E-state index contributed by atoms with van der Waals surface area (Å²) in [5.74, 6) is 1.72. The number of rotatable bonds is 6. The third kappa shape index (κ3) is 4.58. The highest BCUT2D eigenvalue weighted by Crippen LogP contribution is 2.30. The van der Waals surface area contributed by atoms with E-state index >= 15 is 0 Å². The summed E-state index contributed by atoms with van der Waals surface area (Å²) in [4.78, 5) is 16.6. The van der Waals surface area contributed by atoms with Crippen LogP contribution < -0.4 is 20.1 Å². The van der Waals surface area contributed by atoms with Gasteiger partial charge in [0.05, 0.1) is 19.9 Å². The van der Waals surface area contributed by atoms with Crippen LogP contribution in [0.1, 0.15) is 0 Å². The predicted octanol–water partition coefficient (Wildman–Crippen LogP) is 4.51. The minimum atomic E-state index is -0.392. The number of nitrogens with one attached hydrogen (secondary N) is 2. The van der Waals surface area contributed by atoms with Crippen molar-refractivity contribution in [3.63, 3.8) is 0 Å². The Bertz CT molecular complexity index is 1500. The van der Waals surface area contributed by atoms with Crippen molar-refractivity contribution in [2.45, 2.75) is 0 Å². The Morgan fingerprint density at radius 3 is 2.34 bits per heavy atom. The van der Waals surface area contributed by atoms with Gasteiger partial charge in [-0.3, -0.25) is 4.98 Å². The third-order valence-corrected chi connectivity index (χ3v) is 5.26. The average Bonchev–Trinajstić information content (AvgIpc) is 3.32. The number of fused-ring (bicyclic) bond motifs is 1. The first-order valence-corrected chi connectivity index (χ1v) is 10.7. The molecule has 0 spiro atoms. The van der Waals surface area contributed by atoms with Gasteiger partial charge in [0.25, 0.3) is 0 Å². The highest BCUT2D eigenvalue weighted by atomic mass is 16.5. The van der Waals surface area contributed by atoms with Crippen molar-refractivity contribution in [1.29, 1.82) is 0 Å². The minimum Gasteiger partial charge on any atom is -0.493 e. The Kier molecular flexibility index (Phi) is 5.91. The van der Waals surface area contributed by atoms with Crippen molar-refractivity contribution >= 4 is 23.1 Å². The van der Waals surface area contributed by atoms with Gasteiger partial charge in [0.2, 0.25) is 0 Å². The predicted molar refractivity (Wildman–Crippen MR) is 132 cm³/mol. The summed E-state index contributed by atoms with van der Waals surface area (Å²) < 4.78 is 12.2. The first-order valence-electron chi connectivity index (χ1n) is 10.7. The second kappa shape index (κ2) is 9.48. The van der Waals surface area contributed by atoms with E-state index in [0.717, 1.165) is 11.1 Å². The number of anilines is 2. The minimum absolute atomic E-state index is 0.392. The quantitative estimate of drug-likeness (QED) is 0.377. The number of carbonyl (C=O) groups is 1. The van der Waals surface area contributed by atoms with Crippen LogP contribution in [-0.4, -0.2) is 45.0 Å². The first-order chi connectivity index (χ1) is 17.1. The fraction of sp³-hybridized carbons (Fsp3) is 0.0800. The summed E-state index contributed by atoms with van der Waals surface area (Å²) in [7, 11) is 3.10. The summed E-state index contributed by atoms with van der Waals surface area (Å²) in [6, 6.07) is 19.6. The molecule has 0 atom stereocenters. The summed E-state index contributed by atoms with van der Waals surface area (Å²) in [5, 5.41) is 18.8. The second-order valence-corrected chi connectivity index (χ2v) is 7.48. The van der Waals surface area contributed by atoms with E-state index in [0.29, 0.717) is 40.0 Å². The first kappa shape index (κ1) is 21.8. The Balaban J connectivity index is 1.37. The lowest BCUT2D eigenvalue weighted by atomic mass is 10.1. The van der Waals surface area contributed by atoms with E-state index in [1.165, 1.54) is 0 Å². The van der Waals surface area contributed by atoms with Gasteiger partial charge >= 0.3 is 6.03 Å². The highest BCUT2D eigenvalue weighted by Gasteiger charge is 2.12. The molecule has 35 heavy (non-hydrogen) atoms. The number of benzene rings is 2. The number of hydrogen-bond donors (Lipinski definition) is 2. The Labute approximate surface area is 200 Å². The van der Waals surface area contributed by atoms with Crippen molar-refractivity contribution in [3.05, 3.63) is 79.1 Å². The lowest BCUT2D eigenvalue weighted by molar-refractivity contribution is 0.262. The number of aromatic nitrogens is 5. The van der Waals surface area contributed by atoms with Crippen molar-refractivity contribution in [1.82, 2.24) is 24.8 Å². The van der Waals surface area contributed by atoms with E-state index in [4.69, 9.17) is 14.6 Å². The molecule has 0 saturated carbocycles. The molecular weight excluding hydrogens is 446 g/mol. The zero-order valence-electron chi connectivity index (χ0n) is 19.0. The van der Waals surface area contributed by atoms with Crippen LogP contribution >= 0.6 is 0 Å². The van der Waals surface area contributed by atoms with Crippen LogP contribution in [0.15, 0.2) is 79.1 Å². The number of hydrogen-bond acceptors (Lipinski definition) is 7. The number of urea groups is 1. The van der Waals surface area contributed by atoms with Crippen LogP contribution in [0.3, 0.4) is 0 Å². The SMILES string of the molecule is COc1ccc(NC(=O)Nc2cccc(-c3ccc4nnc(-c5ccncc5)n4n3)c2)cc1OC. The number of pyridine rings is 1. The van der Waals surface area contributed by atoms with Crippen molar-refractivity contribution in [2.75, 3.05) is 24.9 Å². The van der Waals surface area contributed by atoms with Crippen LogP contribution in [0.25, 0.3) is 28.3 Å². The van der Waals surface area contributed by atoms with Gasteiger partial charge in [-0.05, 0) is 48.5 Å². The summed E-state index contributed by atoms with van der Waals surface area (Å²) in [5.41, 5.74) is 4.20. The maximum absolute atomic E-state index is 12.6. The molecule has 10 heteroatoms.